The number of carbonyl (C=O) groups excluding carboxylic acids is 2. The molecular weight excluding hydrogens is 480 g/mol. The van der Waals surface area contributed by atoms with Gasteiger partial charge >= 0.3 is 0 Å². The molecule has 0 spiro atoms. The van der Waals surface area contributed by atoms with E-state index in [2.05, 4.69) is 46.9 Å². The van der Waals surface area contributed by atoms with Gasteiger partial charge in [0.05, 0.1) is 28.8 Å². The summed E-state index contributed by atoms with van der Waals surface area (Å²) in [7, 11) is 1.58. The highest BCUT2D eigenvalue weighted by atomic mass is 32.2. The van der Waals surface area contributed by atoms with Crippen molar-refractivity contribution in [2.75, 3.05) is 44.3 Å². The molecule has 0 bridgehead atoms. The van der Waals surface area contributed by atoms with Crippen LogP contribution in [0.3, 0.4) is 0 Å². The molecule has 2 aromatic rings. The van der Waals surface area contributed by atoms with Crippen molar-refractivity contribution in [3.05, 3.63) is 35.0 Å². The Bertz CT molecular complexity index is 1150. The third-order valence-electron chi connectivity index (χ3n) is 6.06. The zero-order valence-electron chi connectivity index (χ0n) is 22.1. The largest absolute Gasteiger partial charge is 0.454 e. The Hall–Kier alpha value is -2.72. The fraction of sp³-hybridized carbons (Fsp3) is 0.577. The molecule has 0 fully saturated rings. The lowest BCUT2D eigenvalue weighted by Gasteiger charge is -2.29. The predicted molar refractivity (Wildman–Crippen MR) is 140 cm³/mol. The molecule has 0 unspecified atom stereocenters. The monoisotopic (exact) mass is 516 g/mol. The summed E-state index contributed by atoms with van der Waals surface area (Å²) in [5.74, 6) is 1.94. The number of nitrogens with zero attached hydrogens (tertiary/aromatic N) is 3. The van der Waals surface area contributed by atoms with E-state index >= 15 is 0 Å². The fourth-order valence-corrected chi connectivity index (χ4v) is 5.56. The van der Waals surface area contributed by atoms with E-state index in [9.17, 15) is 9.59 Å². The molecule has 0 saturated carbocycles. The van der Waals surface area contributed by atoms with Gasteiger partial charge in [0.1, 0.15) is 12.4 Å². The third-order valence-corrected chi connectivity index (χ3v) is 7.32. The zero-order valence-corrected chi connectivity index (χ0v) is 23.0. The first-order valence-electron chi connectivity index (χ1n) is 12.1. The number of methoxy groups -OCH3 is 1. The molecule has 4 rings (SSSR count). The van der Waals surface area contributed by atoms with E-state index in [0.29, 0.717) is 30.5 Å². The number of rotatable bonds is 6. The van der Waals surface area contributed by atoms with Gasteiger partial charge in [-0.3, -0.25) is 14.5 Å². The first-order chi connectivity index (χ1) is 16.9. The van der Waals surface area contributed by atoms with Crippen molar-refractivity contribution >= 4 is 29.4 Å². The van der Waals surface area contributed by atoms with Crippen LogP contribution in [0.25, 0.3) is 0 Å². The van der Waals surface area contributed by atoms with Crippen LogP contribution in [0.15, 0.2) is 18.2 Å². The van der Waals surface area contributed by atoms with Gasteiger partial charge in [-0.25, -0.2) is 4.68 Å². The van der Waals surface area contributed by atoms with E-state index in [0.717, 1.165) is 16.8 Å². The second-order valence-electron chi connectivity index (χ2n) is 11.0. The first kappa shape index (κ1) is 26.3. The second-order valence-corrected chi connectivity index (χ2v) is 12.1. The number of carbonyl (C=O) groups is 2. The van der Waals surface area contributed by atoms with Gasteiger partial charge in [0.15, 0.2) is 11.5 Å². The smallest absolute Gasteiger partial charge is 0.240 e. The highest BCUT2D eigenvalue weighted by Crippen LogP contribution is 2.50. The van der Waals surface area contributed by atoms with Gasteiger partial charge in [-0.1, -0.05) is 26.8 Å². The van der Waals surface area contributed by atoms with Crippen molar-refractivity contribution < 1.29 is 23.8 Å². The van der Waals surface area contributed by atoms with E-state index in [4.69, 9.17) is 19.3 Å². The highest BCUT2D eigenvalue weighted by Gasteiger charge is 2.41. The first-order valence-corrected chi connectivity index (χ1v) is 13.2. The van der Waals surface area contributed by atoms with E-state index in [1.807, 2.05) is 22.9 Å². The number of nitrogens with one attached hydrogen (secondary N) is 1. The molecule has 2 amide bonds. The minimum atomic E-state index is -0.424. The molecule has 1 aromatic heterocycles. The average Bonchev–Trinajstić information content (AvgIpc) is 3.39. The van der Waals surface area contributed by atoms with Crippen molar-refractivity contribution in [2.45, 2.75) is 57.7 Å². The number of anilines is 1. The van der Waals surface area contributed by atoms with Crippen LogP contribution in [0.4, 0.5) is 5.82 Å². The van der Waals surface area contributed by atoms with E-state index in [1.54, 1.807) is 23.8 Å². The van der Waals surface area contributed by atoms with Crippen molar-refractivity contribution in [2.24, 2.45) is 0 Å². The average molecular weight is 517 g/mol. The molecule has 0 aliphatic carbocycles. The zero-order chi connectivity index (χ0) is 26.3. The van der Waals surface area contributed by atoms with Crippen LogP contribution in [-0.4, -0.2) is 60.9 Å². The Morgan fingerprint density at radius 3 is 2.58 bits per heavy atom. The molecule has 0 radical (unpaired) electrons. The Labute approximate surface area is 216 Å². The molecule has 1 aromatic carbocycles. The number of fused-ring (bicyclic) bond motifs is 2. The van der Waals surface area contributed by atoms with Crippen LogP contribution in [0.5, 0.6) is 11.5 Å². The van der Waals surface area contributed by atoms with E-state index < -0.39 is 5.54 Å². The van der Waals surface area contributed by atoms with Crippen molar-refractivity contribution in [1.29, 1.82) is 0 Å². The normalized spacial score (nSPS) is 17.7. The van der Waals surface area contributed by atoms with Crippen LogP contribution in [0.1, 0.15) is 63.6 Å². The van der Waals surface area contributed by atoms with E-state index in [1.165, 1.54) is 0 Å². The Morgan fingerprint density at radius 1 is 1.19 bits per heavy atom. The number of hydrogen-bond donors (Lipinski definition) is 1. The molecule has 1 N–H and O–H groups in total. The predicted octanol–water partition coefficient (Wildman–Crippen LogP) is 3.60. The number of hydrogen-bond acceptors (Lipinski definition) is 7. The summed E-state index contributed by atoms with van der Waals surface area (Å²) in [4.78, 5) is 28.0. The lowest BCUT2D eigenvalue weighted by Crippen LogP contribution is -2.44. The summed E-state index contributed by atoms with van der Waals surface area (Å²) >= 11 is 1.55. The summed E-state index contributed by atoms with van der Waals surface area (Å²) in [6.45, 7) is 13.4. The van der Waals surface area contributed by atoms with Gasteiger partial charge in [-0.15, -0.1) is 11.8 Å². The van der Waals surface area contributed by atoms with Gasteiger partial charge < -0.3 is 19.5 Å². The maximum absolute atomic E-state index is 13.6. The minimum absolute atomic E-state index is 0.0880. The number of ether oxygens (including phenoxy) is 3. The van der Waals surface area contributed by atoms with Crippen molar-refractivity contribution in [3.8, 4) is 11.5 Å². The Morgan fingerprint density at radius 2 is 1.92 bits per heavy atom. The number of thioether (sulfide) groups is 1. The standard InChI is InChI=1S/C26H36N4O5S/c1-25(2,3)23-21-22(16-8-9-17-18(12-16)35-15-34-17)36-14-20(32)29(13-19(31)27-10-11-33-7)24(21)30(28-23)26(4,5)6/h8-9,12,22H,10-11,13-15H2,1-7H3,(H,27,31)/t22-/m1/s1. The Balaban J connectivity index is 1.89. The molecule has 36 heavy (non-hydrogen) atoms. The van der Waals surface area contributed by atoms with Gasteiger partial charge in [0.2, 0.25) is 18.6 Å². The van der Waals surface area contributed by atoms with Crippen LogP contribution in [-0.2, 0) is 25.3 Å². The number of aromatic nitrogens is 2. The maximum atomic E-state index is 13.6. The summed E-state index contributed by atoms with van der Waals surface area (Å²) < 4.78 is 18.1. The molecule has 2 aliphatic rings. The van der Waals surface area contributed by atoms with Gasteiger partial charge in [-0.2, -0.15) is 5.10 Å². The van der Waals surface area contributed by atoms with Gasteiger partial charge in [0, 0.05) is 24.6 Å². The molecule has 196 valence electrons. The van der Waals surface area contributed by atoms with Crippen LogP contribution in [0.2, 0.25) is 0 Å². The SMILES string of the molecule is COCCNC(=O)CN1C(=O)CS[C@H](c2ccc3c(c2)OCO3)c2c(C(C)(C)C)nn(C(C)(C)C)c21. The second kappa shape index (κ2) is 9.97. The lowest BCUT2D eigenvalue weighted by molar-refractivity contribution is -0.123. The van der Waals surface area contributed by atoms with Crippen LogP contribution >= 0.6 is 11.8 Å². The number of benzene rings is 1. The Kier molecular flexibility index (Phi) is 7.30. The maximum Gasteiger partial charge on any atom is 0.240 e. The molecule has 3 heterocycles. The molecule has 2 aliphatic heterocycles. The molecular formula is C26H36N4O5S. The summed E-state index contributed by atoms with van der Waals surface area (Å²) in [6.07, 6.45) is 0. The molecule has 9 nitrogen and oxygen atoms in total. The number of amides is 2. The molecule has 10 heteroatoms. The topological polar surface area (TPSA) is 94.9 Å². The highest BCUT2D eigenvalue weighted by molar-refractivity contribution is 8.00. The quantitative estimate of drug-likeness (QED) is 0.586. The minimum Gasteiger partial charge on any atom is -0.454 e. The van der Waals surface area contributed by atoms with Crippen molar-refractivity contribution in [1.82, 2.24) is 15.1 Å². The van der Waals surface area contributed by atoms with Crippen LogP contribution < -0.4 is 19.7 Å². The van der Waals surface area contributed by atoms with Crippen LogP contribution in [0, 0.1) is 0 Å². The van der Waals surface area contributed by atoms with E-state index in [-0.39, 0.29) is 41.6 Å². The molecule has 1 atom stereocenters. The third kappa shape index (κ3) is 5.20. The lowest BCUT2D eigenvalue weighted by atomic mass is 9.87. The fourth-order valence-electron chi connectivity index (χ4n) is 4.37. The van der Waals surface area contributed by atoms with Gasteiger partial charge in [-0.05, 0) is 38.5 Å². The summed E-state index contributed by atoms with van der Waals surface area (Å²) in [5, 5.41) is 7.76. The summed E-state index contributed by atoms with van der Waals surface area (Å²) in [5.41, 5.74) is 2.14. The summed E-state index contributed by atoms with van der Waals surface area (Å²) in [6, 6.07) is 5.92. The molecule has 0 saturated heterocycles. The van der Waals surface area contributed by atoms with Crippen molar-refractivity contribution in [3.63, 3.8) is 0 Å². The van der Waals surface area contributed by atoms with Gasteiger partial charge in [0.25, 0.3) is 0 Å².